The van der Waals surface area contributed by atoms with Crippen LogP contribution in [0.15, 0.2) is 18.2 Å². The Morgan fingerprint density at radius 3 is 1.86 bits per heavy atom. The molecule has 43 heavy (non-hydrogen) atoms. The van der Waals surface area contributed by atoms with Crippen molar-refractivity contribution in [2.45, 2.75) is 72.2 Å². The van der Waals surface area contributed by atoms with E-state index in [0.29, 0.717) is 0 Å². The maximum Gasteiger partial charge on any atom is 0.342 e. The van der Waals surface area contributed by atoms with Gasteiger partial charge >= 0.3 is 35.8 Å². The summed E-state index contributed by atoms with van der Waals surface area (Å²) in [6.45, 7) is 6.92. The van der Waals surface area contributed by atoms with E-state index in [4.69, 9.17) is 42.6 Å². The predicted molar refractivity (Wildman–Crippen MR) is 142 cm³/mol. The SMILES string of the molecule is CCOC(=O)c1cccc(OCCO[C@@H]2O[C@H](COC(C)=O)[C@@H](OC(C)=O)[C@H](OC(C)=O)[C@H]2OC(C)=O)c1C(=O)OCC. The van der Waals surface area contributed by atoms with Crippen molar-refractivity contribution in [2.24, 2.45) is 0 Å². The van der Waals surface area contributed by atoms with Crippen LogP contribution >= 0.6 is 0 Å². The van der Waals surface area contributed by atoms with Crippen LogP contribution in [-0.4, -0.2) is 99.6 Å². The first kappa shape index (κ1) is 35.0. The molecule has 0 aromatic heterocycles. The van der Waals surface area contributed by atoms with Crippen LogP contribution in [0.1, 0.15) is 62.3 Å². The Bertz CT molecular complexity index is 1160. The monoisotopic (exact) mass is 612 g/mol. The standard InChI is InChI=1S/C28H36O15/c1-7-35-26(33)19-10-9-11-20(22(19)27(34)36-8-2)37-12-13-38-28-25(42-18(6)32)24(41-17(5)31)23(40-16(4)30)21(43-28)14-39-15(3)29/h9-11,21,23-25,28H,7-8,12-14H2,1-6H3/t21-,23-,24+,25-,28-/m1/s1. The van der Waals surface area contributed by atoms with Crippen molar-refractivity contribution in [2.75, 3.05) is 33.0 Å². The summed E-state index contributed by atoms with van der Waals surface area (Å²) in [6, 6.07) is 4.33. The van der Waals surface area contributed by atoms with Crippen molar-refractivity contribution < 1.29 is 71.4 Å². The van der Waals surface area contributed by atoms with E-state index in [1.165, 1.54) is 18.2 Å². The van der Waals surface area contributed by atoms with E-state index >= 15 is 0 Å². The van der Waals surface area contributed by atoms with Crippen molar-refractivity contribution in [3.8, 4) is 5.75 Å². The molecule has 1 aromatic rings. The van der Waals surface area contributed by atoms with E-state index in [1.54, 1.807) is 13.8 Å². The highest BCUT2D eigenvalue weighted by Gasteiger charge is 2.52. The van der Waals surface area contributed by atoms with Gasteiger partial charge in [0.15, 0.2) is 24.6 Å². The second kappa shape index (κ2) is 17.0. The number of rotatable bonds is 14. The van der Waals surface area contributed by atoms with Gasteiger partial charge in [-0.2, -0.15) is 0 Å². The van der Waals surface area contributed by atoms with Crippen LogP contribution in [-0.2, 0) is 57.1 Å². The second-order valence-electron chi connectivity index (χ2n) is 8.91. The van der Waals surface area contributed by atoms with Crippen LogP contribution in [0.4, 0.5) is 0 Å². The molecule has 0 spiro atoms. The van der Waals surface area contributed by atoms with Crippen LogP contribution < -0.4 is 4.74 Å². The van der Waals surface area contributed by atoms with E-state index in [0.717, 1.165) is 27.7 Å². The quantitative estimate of drug-likeness (QED) is 0.167. The molecule has 15 heteroatoms. The molecule has 1 heterocycles. The molecule has 0 saturated carbocycles. The number of carbonyl (C=O) groups excluding carboxylic acids is 6. The number of carbonyl (C=O) groups is 6. The average Bonchev–Trinajstić information content (AvgIpc) is 2.92. The third-order valence-corrected chi connectivity index (χ3v) is 5.57. The fourth-order valence-corrected chi connectivity index (χ4v) is 4.08. The van der Waals surface area contributed by atoms with Gasteiger partial charge in [-0.3, -0.25) is 19.2 Å². The Morgan fingerprint density at radius 2 is 1.28 bits per heavy atom. The summed E-state index contributed by atoms with van der Waals surface area (Å²) in [6.07, 6.45) is -6.76. The van der Waals surface area contributed by atoms with E-state index in [9.17, 15) is 28.8 Å². The number of benzene rings is 1. The summed E-state index contributed by atoms with van der Waals surface area (Å²) in [7, 11) is 0. The maximum atomic E-state index is 12.7. The highest BCUT2D eigenvalue weighted by atomic mass is 16.7. The molecule has 0 N–H and O–H groups in total. The molecule has 2 rings (SSSR count). The van der Waals surface area contributed by atoms with E-state index < -0.39 is 73.1 Å². The largest absolute Gasteiger partial charge is 0.490 e. The van der Waals surface area contributed by atoms with Crippen molar-refractivity contribution in [1.82, 2.24) is 0 Å². The Hall–Kier alpha value is -4.24. The third-order valence-electron chi connectivity index (χ3n) is 5.57. The number of hydrogen-bond donors (Lipinski definition) is 0. The van der Waals surface area contributed by atoms with Gasteiger partial charge in [0.2, 0.25) is 0 Å². The summed E-state index contributed by atoms with van der Waals surface area (Å²) in [4.78, 5) is 72.4. The fourth-order valence-electron chi connectivity index (χ4n) is 4.08. The van der Waals surface area contributed by atoms with Gasteiger partial charge in [-0.15, -0.1) is 0 Å². The highest BCUT2D eigenvalue weighted by Crippen LogP contribution is 2.30. The van der Waals surface area contributed by atoms with E-state index in [2.05, 4.69) is 0 Å². The summed E-state index contributed by atoms with van der Waals surface area (Å²) in [5.74, 6) is -4.55. The molecular weight excluding hydrogens is 576 g/mol. The minimum Gasteiger partial charge on any atom is -0.490 e. The average molecular weight is 613 g/mol. The third kappa shape index (κ3) is 10.5. The normalized spacial score (nSPS) is 21.1. The molecular formula is C28H36O15. The van der Waals surface area contributed by atoms with Gasteiger partial charge in [0.05, 0.1) is 25.4 Å². The Balaban J connectivity index is 2.31. The molecule has 0 amide bonds. The number of esters is 6. The summed E-state index contributed by atoms with van der Waals surface area (Å²) in [5, 5.41) is 0. The molecule has 1 saturated heterocycles. The van der Waals surface area contributed by atoms with E-state index in [-0.39, 0.29) is 43.3 Å². The lowest BCUT2D eigenvalue weighted by Crippen LogP contribution is -2.63. The molecule has 1 aliphatic rings. The van der Waals surface area contributed by atoms with Crippen LogP contribution in [0.2, 0.25) is 0 Å². The zero-order chi connectivity index (χ0) is 32.1. The molecule has 5 atom stereocenters. The molecule has 1 fully saturated rings. The zero-order valence-corrected chi connectivity index (χ0v) is 24.8. The topological polar surface area (TPSA) is 185 Å². The summed E-state index contributed by atoms with van der Waals surface area (Å²) in [5.41, 5.74) is -0.201. The van der Waals surface area contributed by atoms with Crippen LogP contribution in [0.5, 0.6) is 5.75 Å². The predicted octanol–water partition coefficient (Wildman–Crippen LogP) is 1.52. The van der Waals surface area contributed by atoms with Gasteiger partial charge in [0, 0.05) is 27.7 Å². The van der Waals surface area contributed by atoms with Crippen molar-refractivity contribution >= 4 is 35.8 Å². The number of ether oxygens (including phenoxy) is 9. The summed E-state index contributed by atoms with van der Waals surface area (Å²) >= 11 is 0. The van der Waals surface area contributed by atoms with Gasteiger partial charge in [-0.1, -0.05) is 6.07 Å². The fraction of sp³-hybridized carbons (Fsp3) is 0.571. The van der Waals surface area contributed by atoms with Crippen LogP contribution in [0, 0.1) is 0 Å². The maximum absolute atomic E-state index is 12.7. The van der Waals surface area contributed by atoms with Crippen LogP contribution in [0.25, 0.3) is 0 Å². The van der Waals surface area contributed by atoms with Gasteiger partial charge < -0.3 is 42.6 Å². The van der Waals surface area contributed by atoms with Gasteiger partial charge in [-0.25, -0.2) is 9.59 Å². The molecule has 238 valence electrons. The summed E-state index contributed by atoms with van der Waals surface area (Å²) < 4.78 is 48.5. The molecule has 1 aromatic carbocycles. The van der Waals surface area contributed by atoms with Crippen molar-refractivity contribution in [3.05, 3.63) is 29.3 Å². The lowest BCUT2D eigenvalue weighted by Gasteiger charge is -2.44. The minimum absolute atomic E-state index is 0.00847. The minimum atomic E-state index is -1.42. The molecule has 1 aliphatic heterocycles. The Labute approximate surface area is 247 Å². The molecule has 0 unspecified atom stereocenters. The first-order valence-corrected chi connectivity index (χ1v) is 13.4. The Morgan fingerprint density at radius 1 is 0.698 bits per heavy atom. The second-order valence-corrected chi connectivity index (χ2v) is 8.91. The molecule has 0 aliphatic carbocycles. The molecule has 15 nitrogen and oxygen atoms in total. The first-order valence-electron chi connectivity index (χ1n) is 13.4. The lowest BCUT2D eigenvalue weighted by molar-refractivity contribution is -0.308. The van der Waals surface area contributed by atoms with Gasteiger partial charge in [-0.05, 0) is 26.0 Å². The Kier molecular flexibility index (Phi) is 13.8. The van der Waals surface area contributed by atoms with Crippen molar-refractivity contribution in [1.29, 1.82) is 0 Å². The van der Waals surface area contributed by atoms with Gasteiger partial charge in [0.25, 0.3) is 0 Å². The zero-order valence-electron chi connectivity index (χ0n) is 24.8. The van der Waals surface area contributed by atoms with Crippen LogP contribution in [0.3, 0.4) is 0 Å². The van der Waals surface area contributed by atoms with E-state index in [1.807, 2.05) is 0 Å². The van der Waals surface area contributed by atoms with Gasteiger partial charge in [0.1, 0.15) is 30.6 Å². The highest BCUT2D eigenvalue weighted by molar-refractivity contribution is 6.05. The smallest absolute Gasteiger partial charge is 0.342 e. The molecule has 0 radical (unpaired) electrons. The van der Waals surface area contributed by atoms with Crippen molar-refractivity contribution in [3.63, 3.8) is 0 Å². The lowest BCUT2D eigenvalue weighted by atomic mass is 9.98. The molecule has 0 bridgehead atoms. The first-order chi connectivity index (χ1) is 20.4. The number of hydrogen-bond acceptors (Lipinski definition) is 15.